The molecule has 7 rings (SSSR count). The van der Waals surface area contributed by atoms with Gasteiger partial charge in [-0.05, 0) is 61.5 Å². The molecule has 2 aromatic carbocycles. The smallest absolute Gasteiger partial charge is 0.407 e. The molecular formula is C43H54N8O7. The number of imidazole rings is 2. The van der Waals surface area contributed by atoms with Crippen molar-refractivity contribution in [1.29, 1.82) is 0 Å². The van der Waals surface area contributed by atoms with Crippen molar-refractivity contribution in [1.82, 2.24) is 40.4 Å². The van der Waals surface area contributed by atoms with Crippen molar-refractivity contribution < 1.29 is 33.8 Å². The van der Waals surface area contributed by atoms with Crippen LogP contribution in [0.1, 0.15) is 90.0 Å². The Morgan fingerprint density at radius 2 is 1.28 bits per heavy atom. The first-order valence-corrected chi connectivity index (χ1v) is 20.3. The number of likely N-dealkylation sites (tertiary alicyclic amines) is 2. The number of carbonyl (C=O) groups is 4. The van der Waals surface area contributed by atoms with E-state index >= 15 is 0 Å². The Hall–Kier alpha value is -5.70. The Morgan fingerprint density at radius 3 is 1.79 bits per heavy atom. The molecule has 4 aromatic rings. The first-order valence-electron chi connectivity index (χ1n) is 20.3. The van der Waals surface area contributed by atoms with Gasteiger partial charge in [0.15, 0.2) is 0 Å². The highest BCUT2D eigenvalue weighted by molar-refractivity contribution is 5.87. The van der Waals surface area contributed by atoms with E-state index in [1.165, 1.54) is 7.11 Å². The number of methoxy groups -OCH3 is 1. The highest BCUT2D eigenvalue weighted by Crippen LogP contribution is 2.48. The standard InChI is InChI=1S/C43H54N8O7/c1-25(2)35(48-41(54)55)39(52)50-20-6-7-33(50)37-44-23-31(46-37)29-12-8-27(9-13-29)28-10-14-30(15-11-28)32-24-45-38(47-32)34-16-17-43(18-21-58-22-19-43)51(34)40(53)36(26(3)4)49-42(56)57-5/h8-15,23-26,33-36,48H,6-7,16-22H2,1-5H3,(H,44,46)(H,45,47)(H,49,56)(H,54,55)/t33-,34?,35-,36-/m0/s1. The predicted octanol–water partition coefficient (Wildman–Crippen LogP) is 6.68. The van der Waals surface area contributed by atoms with Crippen molar-refractivity contribution in [2.45, 2.75) is 95.9 Å². The number of carbonyl (C=O) groups excluding carboxylic acids is 3. The van der Waals surface area contributed by atoms with Gasteiger partial charge in [0, 0.05) is 48.8 Å². The van der Waals surface area contributed by atoms with Gasteiger partial charge in [-0.25, -0.2) is 19.6 Å². The maximum Gasteiger partial charge on any atom is 0.407 e. The monoisotopic (exact) mass is 794 g/mol. The van der Waals surface area contributed by atoms with Crippen molar-refractivity contribution in [3.63, 3.8) is 0 Å². The SMILES string of the molecule is COC(=O)N[C@H](C(=O)N1C(c2nc(-c3ccc(-c4ccc(-c5c[nH]c([C@@H]6CCCN6C(=O)[C@@H](NC(=O)O)C(C)C)n5)cc4)cc3)c[nH]2)CCC12CCOCC2)C(C)C. The molecule has 3 aliphatic rings. The third kappa shape index (κ3) is 8.17. The van der Waals surface area contributed by atoms with Gasteiger partial charge < -0.3 is 45.0 Å². The molecule has 5 N–H and O–H groups in total. The third-order valence-electron chi connectivity index (χ3n) is 12.0. The molecule has 0 aliphatic carbocycles. The Labute approximate surface area is 338 Å². The molecule has 3 fully saturated rings. The fourth-order valence-corrected chi connectivity index (χ4v) is 8.84. The number of aromatic amines is 2. The number of amides is 4. The average molecular weight is 795 g/mol. The van der Waals surface area contributed by atoms with Gasteiger partial charge in [-0.2, -0.15) is 0 Å². The van der Waals surface area contributed by atoms with E-state index in [-0.39, 0.29) is 41.3 Å². The molecule has 1 spiro atoms. The average Bonchev–Trinajstić information content (AvgIpc) is 4.06. The zero-order valence-electron chi connectivity index (χ0n) is 33.8. The van der Waals surface area contributed by atoms with Crippen LogP contribution in [0.5, 0.6) is 0 Å². The molecule has 0 bridgehead atoms. The number of nitrogens with zero attached hydrogens (tertiary/aromatic N) is 4. The summed E-state index contributed by atoms with van der Waals surface area (Å²) in [5, 5.41) is 14.5. The van der Waals surface area contributed by atoms with Gasteiger partial charge in [0.25, 0.3) is 0 Å². The quantitative estimate of drug-likeness (QED) is 0.110. The number of nitrogens with one attached hydrogen (secondary N) is 4. The molecule has 58 heavy (non-hydrogen) atoms. The summed E-state index contributed by atoms with van der Waals surface area (Å²) in [5.74, 6) is 0.700. The van der Waals surface area contributed by atoms with Crippen LogP contribution in [-0.2, 0) is 19.1 Å². The fourth-order valence-electron chi connectivity index (χ4n) is 8.84. The zero-order chi connectivity index (χ0) is 41.1. The van der Waals surface area contributed by atoms with Crippen LogP contribution in [0, 0.1) is 11.8 Å². The molecular weight excluding hydrogens is 741 g/mol. The van der Waals surface area contributed by atoms with Crippen molar-refractivity contribution >= 4 is 24.0 Å². The molecule has 4 amide bonds. The van der Waals surface area contributed by atoms with Crippen LogP contribution in [0.25, 0.3) is 33.6 Å². The molecule has 15 heteroatoms. The largest absolute Gasteiger partial charge is 0.465 e. The van der Waals surface area contributed by atoms with Gasteiger partial charge in [0.1, 0.15) is 23.7 Å². The number of hydrogen-bond donors (Lipinski definition) is 5. The lowest BCUT2D eigenvalue weighted by atomic mass is 9.86. The van der Waals surface area contributed by atoms with Gasteiger partial charge >= 0.3 is 12.2 Å². The predicted molar refractivity (Wildman–Crippen MR) is 216 cm³/mol. The first kappa shape index (κ1) is 40.5. The van der Waals surface area contributed by atoms with Gasteiger partial charge in [0.05, 0.1) is 30.6 Å². The van der Waals surface area contributed by atoms with Crippen molar-refractivity contribution in [2.24, 2.45) is 11.8 Å². The van der Waals surface area contributed by atoms with Crippen molar-refractivity contribution in [2.75, 3.05) is 26.9 Å². The van der Waals surface area contributed by atoms with E-state index in [1.807, 2.05) is 69.3 Å². The van der Waals surface area contributed by atoms with Gasteiger partial charge in [-0.3, -0.25) is 9.59 Å². The second-order valence-electron chi connectivity index (χ2n) is 16.3. The number of hydrogen-bond acceptors (Lipinski definition) is 8. The number of carboxylic acid groups (broad SMARTS) is 1. The van der Waals surface area contributed by atoms with Crippen LogP contribution in [0.4, 0.5) is 9.59 Å². The highest BCUT2D eigenvalue weighted by atomic mass is 16.5. The Morgan fingerprint density at radius 1 is 0.759 bits per heavy atom. The minimum Gasteiger partial charge on any atom is -0.465 e. The number of aromatic nitrogens is 4. The van der Waals surface area contributed by atoms with Gasteiger partial charge in [0.2, 0.25) is 11.8 Å². The maximum absolute atomic E-state index is 14.3. The zero-order valence-corrected chi connectivity index (χ0v) is 33.8. The second-order valence-corrected chi connectivity index (χ2v) is 16.3. The van der Waals surface area contributed by atoms with E-state index < -0.39 is 24.3 Å². The van der Waals surface area contributed by atoms with E-state index in [0.29, 0.717) is 25.6 Å². The number of ether oxygens (including phenoxy) is 2. The Bertz CT molecular complexity index is 2090. The normalized spacial score (nSPS) is 20.1. The van der Waals surface area contributed by atoms with E-state index in [9.17, 15) is 24.3 Å². The van der Waals surface area contributed by atoms with E-state index in [0.717, 1.165) is 78.0 Å². The molecule has 1 unspecified atom stereocenters. The first-order chi connectivity index (χ1) is 27.9. The summed E-state index contributed by atoms with van der Waals surface area (Å²) in [4.78, 5) is 71.6. The van der Waals surface area contributed by atoms with Crippen molar-refractivity contribution in [3.8, 4) is 33.6 Å². The molecule has 5 heterocycles. The summed E-state index contributed by atoms with van der Waals surface area (Å²) in [5.41, 5.74) is 5.11. The highest BCUT2D eigenvalue weighted by Gasteiger charge is 2.52. The maximum atomic E-state index is 14.3. The van der Waals surface area contributed by atoms with E-state index in [1.54, 1.807) is 4.90 Å². The number of alkyl carbamates (subject to hydrolysis) is 1. The van der Waals surface area contributed by atoms with Crippen LogP contribution >= 0.6 is 0 Å². The summed E-state index contributed by atoms with van der Waals surface area (Å²) in [6.45, 7) is 9.20. The summed E-state index contributed by atoms with van der Waals surface area (Å²) in [7, 11) is 1.30. The lowest BCUT2D eigenvalue weighted by molar-refractivity contribution is -0.145. The van der Waals surface area contributed by atoms with Crippen LogP contribution < -0.4 is 10.6 Å². The molecule has 0 radical (unpaired) electrons. The van der Waals surface area contributed by atoms with E-state index in [2.05, 4.69) is 44.9 Å². The van der Waals surface area contributed by atoms with Gasteiger partial charge in [-0.15, -0.1) is 0 Å². The van der Waals surface area contributed by atoms with Crippen LogP contribution in [-0.4, -0.2) is 103 Å². The lowest BCUT2D eigenvalue weighted by Crippen LogP contribution is -2.58. The Balaban J connectivity index is 1.04. The summed E-state index contributed by atoms with van der Waals surface area (Å²) >= 11 is 0. The summed E-state index contributed by atoms with van der Waals surface area (Å²) < 4.78 is 10.6. The molecule has 3 aliphatic heterocycles. The molecule has 308 valence electrons. The Kier molecular flexibility index (Phi) is 11.9. The molecule has 3 saturated heterocycles. The minimum atomic E-state index is -1.21. The molecule has 0 saturated carbocycles. The third-order valence-corrected chi connectivity index (χ3v) is 12.0. The molecule has 4 atom stereocenters. The summed E-state index contributed by atoms with van der Waals surface area (Å²) in [6.07, 6.45) is 6.48. The van der Waals surface area contributed by atoms with Gasteiger partial charge in [-0.1, -0.05) is 76.2 Å². The lowest BCUT2D eigenvalue weighted by Gasteiger charge is -2.45. The summed E-state index contributed by atoms with van der Waals surface area (Å²) in [6, 6.07) is 14.3. The van der Waals surface area contributed by atoms with E-state index in [4.69, 9.17) is 19.4 Å². The second kappa shape index (κ2) is 17.0. The molecule has 2 aromatic heterocycles. The number of benzene rings is 2. The number of H-pyrrole nitrogens is 2. The minimum absolute atomic E-state index is 0.134. The topological polar surface area (TPSA) is 195 Å². The van der Waals surface area contributed by atoms with Crippen LogP contribution in [0.3, 0.4) is 0 Å². The number of rotatable bonds is 11. The van der Waals surface area contributed by atoms with Crippen molar-refractivity contribution in [3.05, 3.63) is 72.6 Å². The van der Waals surface area contributed by atoms with Crippen LogP contribution in [0.2, 0.25) is 0 Å². The molecule has 15 nitrogen and oxygen atoms in total. The fraction of sp³-hybridized carbons (Fsp3) is 0.488. The van der Waals surface area contributed by atoms with Crippen LogP contribution in [0.15, 0.2) is 60.9 Å².